The van der Waals surface area contributed by atoms with Gasteiger partial charge in [0.05, 0.1) is 5.69 Å². The number of hydrogen-bond donors (Lipinski definition) is 2. The molecule has 0 spiro atoms. The monoisotopic (exact) mass is 326 g/mol. The molecule has 0 radical (unpaired) electrons. The van der Waals surface area contributed by atoms with Crippen LogP contribution >= 0.6 is 0 Å². The Morgan fingerprint density at radius 1 is 1.42 bits per heavy atom. The SMILES string of the molecule is CCc1noc(C)c1C(=O)NCCc1nc(-c2cccnc2)n[nH]1. The number of aromatic amines is 1. The smallest absolute Gasteiger partial charge is 0.256 e. The molecule has 0 saturated carbocycles. The molecule has 3 aromatic rings. The van der Waals surface area contributed by atoms with Gasteiger partial charge in [-0.3, -0.25) is 14.9 Å². The number of nitrogens with one attached hydrogen (secondary N) is 2. The second kappa shape index (κ2) is 7.03. The summed E-state index contributed by atoms with van der Waals surface area (Å²) in [6.45, 7) is 4.11. The summed E-state index contributed by atoms with van der Waals surface area (Å²) in [6.07, 6.45) is 4.60. The molecule has 3 rings (SSSR count). The molecule has 0 aliphatic carbocycles. The first-order valence-electron chi connectivity index (χ1n) is 7.74. The number of H-pyrrole nitrogens is 1. The Bertz CT molecular complexity index is 824. The van der Waals surface area contributed by atoms with Gasteiger partial charge in [0.15, 0.2) is 5.82 Å². The normalized spacial score (nSPS) is 10.8. The zero-order valence-corrected chi connectivity index (χ0v) is 13.5. The highest BCUT2D eigenvalue weighted by atomic mass is 16.5. The minimum atomic E-state index is -0.183. The summed E-state index contributed by atoms with van der Waals surface area (Å²) in [5, 5.41) is 13.8. The molecule has 0 aliphatic heterocycles. The third-order valence-corrected chi connectivity index (χ3v) is 3.59. The van der Waals surface area contributed by atoms with Crippen molar-refractivity contribution in [2.75, 3.05) is 6.54 Å². The lowest BCUT2D eigenvalue weighted by molar-refractivity contribution is 0.0951. The predicted octanol–water partition coefficient (Wildman–Crippen LogP) is 1.70. The van der Waals surface area contributed by atoms with Crippen molar-refractivity contribution in [2.24, 2.45) is 0 Å². The van der Waals surface area contributed by atoms with Gasteiger partial charge in [0.25, 0.3) is 5.91 Å². The van der Waals surface area contributed by atoms with Crippen molar-refractivity contribution in [3.63, 3.8) is 0 Å². The van der Waals surface area contributed by atoms with Crippen LogP contribution in [-0.4, -0.2) is 37.8 Å². The van der Waals surface area contributed by atoms with Gasteiger partial charge in [0, 0.05) is 30.9 Å². The predicted molar refractivity (Wildman–Crippen MR) is 86.3 cm³/mol. The number of aryl methyl sites for hydroxylation is 2. The molecule has 2 N–H and O–H groups in total. The minimum absolute atomic E-state index is 0.183. The molecule has 3 aromatic heterocycles. The first-order chi connectivity index (χ1) is 11.7. The number of hydrogen-bond acceptors (Lipinski definition) is 6. The van der Waals surface area contributed by atoms with Crippen LogP contribution in [0.25, 0.3) is 11.4 Å². The van der Waals surface area contributed by atoms with E-state index >= 15 is 0 Å². The zero-order chi connectivity index (χ0) is 16.9. The van der Waals surface area contributed by atoms with Crippen molar-refractivity contribution in [3.8, 4) is 11.4 Å². The largest absolute Gasteiger partial charge is 0.361 e. The fraction of sp³-hybridized carbons (Fsp3) is 0.312. The highest BCUT2D eigenvalue weighted by Gasteiger charge is 2.18. The van der Waals surface area contributed by atoms with Crippen molar-refractivity contribution >= 4 is 5.91 Å². The lowest BCUT2D eigenvalue weighted by Gasteiger charge is -2.03. The summed E-state index contributed by atoms with van der Waals surface area (Å²) in [6, 6.07) is 3.72. The van der Waals surface area contributed by atoms with Crippen molar-refractivity contribution in [1.29, 1.82) is 0 Å². The minimum Gasteiger partial charge on any atom is -0.361 e. The molecule has 0 fully saturated rings. The van der Waals surface area contributed by atoms with Crippen LogP contribution < -0.4 is 5.32 Å². The number of aromatic nitrogens is 5. The van der Waals surface area contributed by atoms with Crippen LogP contribution in [0.15, 0.2) is 29.0 Å². The lowest BCUT2D eigenvalue weighted by Crippen LogP contribution is -2.27. The number of carbonyl (C=O) groups is 1. The Kier molecular flexibility index (Phi) is 4.64. The van der Waals surface area contributed by atoms with Gasteiger partial charge in [-0.2, -0.15) is 5.10 Å². The van der Waals surface area contributed by atoms with Gasteiger partial charge in [-0.1, -0.05) is 12.1 Å². The third kappa shape index (κ3) is 3.32. The number of rotatable bonds is 6. The summed E-state index contributed by atoms with van der Waals surface area (Å²) in [4.78, 5) is 20.7. The van der Waals surface area contributed by atoms with Crippen molar-refractivity contribution in [2.45, 2.75) is 26.7 Å². The standard InChI is InChI=1S/C16H18N6O2/c1-3-12-14(10(2)24-22-12)16(23)18-8-6-13-19-15(21-20-13)11-5-4-7-17-9-11/h4-5,7,9H,3,6,8H2,1-2H3,(H,18,23)(H,19,20,21). The molecule has 0 bridgehead atoms. The molecule has 8 heteroatoms. The van der Waals surface area contributed by atoms with E-state index in [1.807, 2.05) is 19.1 Å². The van der Waals surface area contributed by atoms with Crippen LogP contribution in [0.3, 0.4) is 0 Å². The van der Waals surface area contributed by atoms with Crippen LogP contribution in [0.5, 0.6) is 0 Å². The average molecular weight is 326 g/mol. The topological polar surface area (TPSA) is 110 Å². The summed E-state index contributed by atoms with van der Waals surface area (Å²) >= 11 is 0. The lowest BCUT2D eigenvalue weighted by atomic mass is 10.1. The van der Waals surface area contributed by atoms with E-state index in [9.17, 15) is 4.79 Å². The fourth-order valence-electron chi connectivity index (χ4n) is 2.36. The molecule has 0 saturated heterocycles. The average Bonchev–Trinajstić information content (AvgIpc) is 3.22. The van der Waals surface area contributed by atoms with E-state index in [-0.39, 0.29) is 5.91 Å². The molecule has 3 heterocycles. The molecule has 8 nitrogen and oxygen atoms in total. The number of pyridine rings is 1. The highest BCUT2D eigenvalue weighted by molar-refractivity contribution is 5.96. The second-order valence-corrected chi connectivity index (χ2v) is 5.27. The Morgan fingerprint density at radius 2 is 2.29 bits per heavy atom. The summed E-state index contributed by atoms with van der Waals surface area (Å²) in [7, 11) is 0. The number of amides is 1. The molecule has 1 amide bonds. The maximum Gasteiger partial charge on any atom is 0.256 e. The summed E-state index contributed by atoms with van der Waals surface area (Å²) < 4.78 is 5.08. The van der Waals surface area contributed by atoms with E-state index < -0.39 is 0 Å². The van der Waals surface area contributed by atoms with Gasteiger partial charge in [-0.05, 0) is 25.5 Å². The summed E-state index contributed by atoms with van der Waals surface area (Å²) in [5.74, 6) is 1.64. The van der Waals surface area contributed by atoms with Crippen molar-refractivity contribution in [3.05, 3.63) is 47.4 Å². The van der Waals surface area contributed by atoms with E-state index in [2.05, 4.69) is 30.6 Å². The first-order valence-corrected chi connectivity index (χ1v) is 7.74. The van der Waals surface area contributed by atoms with E-state index in [1.165, 1.54) is 0 Å². The second-order valence-electron chi connectivity index (χ2n) is 5.27. The molecule has 0 aromatic carbocycles. The first kappa shape index (κ1) is 15.9. The van der Waals surface area contributed by atoms with Crippen LogP contribution in [0.4, 0.5) is 0 Å². The molecule has 0 aliphatic rings. The van der Waals surface area contributed by atoms with E-state index in [0.29, 0.717) is 48.1 Å². The van der Waals surface area contributed by atoms with Gasteiger partial charge in [0.2, 0.25) is 0 Å². The van der Waals surface area contributed by atoms with Crippen molar-refractivity contribution in [1.82, 2.24) is 30.6 Å². The molecular weight excluding hydrogens is 308 g/mol. The maximum atomic E-state index is 12.3. The Hall–Kier alpha value is -3.03. The Balaban J connectivity index is 1.58. The van der Waals surface area contributed by atoms with Gasteiger partial charge in [0.1, 0.15) is 17.1 Å². The number of carbonyl (C=O) groups excluding carboxylic acids is 1. The quantitative estimate of drug-likeness (QED) is 0.713. The van der Waals surface area contributed by atoms with Gasteiger partial charge < -0.3 is 9.84 Å². The van der Waals surface area contributed by atoms with E-state index in [0.717, 1.165) is 5.56 Å². The van der Waals surface area contributed by atoms with E-state index in [4.69, 9.17) is 4.52 Å². The Labute approximate surface area is 138 Å². The van der Waals surface area contributed by atoms with Gasteiger partial charge in [-0.25, -0.2) is 4.98 Å². The molecule has 0 atom stereocenters. The van der Waals surface area contributed by atoms with Crippen LogP contribution in [0.1, 0.15) is 34.6 Å². The van der Waals surface area contributed by atoms with Crippen LogP contribution in [-0.2, 0) is 12.8 Å². The molecule has 0 unspecified atom stereocenters. The molecule has 124 valence electrons. The third-order valence-electron chi connectivity index (χ3n) is 3.59. The van der Waals surface area contributed by atoms with E-state index in [1.54, 1.807) is 19.3 Å². The van der Waals surface area contributed by atoms with Crippen molar-refractivity contribution < 1.29 is 9.32 Å². The van der Waals surface area contributed by atoms with Crippen LogP contribution in [0, 0.1) is 6.92 Å². The maximum absolute atomic E-state index is 12.3. The molecule has 24 heavy (non-hydrogen) atoms. The zero-order valence-electron chi connectivity index (χ0n) is 13.5. The number of nitrogens with zero attached hydrogens (tertiary/aromatic N) is 4. The fourth-order valence-corrected chi connectivity index (χ4v) is 2.36. The Morgan fingerprint density at radius 3 is 3.04 bits per heavy atom. The van der Waals surface area contributed by atoms with Gasteiger partial charge >= 0.3 is 0 Å². The van der Waals surface area contributed by atoms with Gasteiger partial charge in [-0.15, -0.1) is 0 Å². The highest BCUT2D eigenvalue weighted by Crippen LogP contribution is 2.14. The van der Waals surface area contributed by atoms with Crippen LogP contribution in [0.2, 0.25) is 0 Å². The summed E-state index contributed by atoms with van der Waals surface area (Å²) in [5.41, 5.74) is 2.03. The molecular formula is C16H18N6O2.